The van der Waals surface area contributed by atoms with Gasteiger partial charge in [0.25, 0.3) is 11.6 Å². The van der Waals surface area contributed by atoms with Crippen molar-refractivity contribution in [2.24, 2.45) is 0 Å². The van der Waals surface area contributed by atoms with Crippen molar-refractivity contribution in [2.75, 3.05) is 6.54 Å². The monoisotopic (exact) mass is 387 g/mol. The number of carbonyl (C=O) groups is 1. The summed E-state index contributed by atoms with van der Waals surface area (Å²) in [6.07, 6.45) is 1.54. The summed E-state index contributed by atoms with van der Waals surface area (Å²) < 4.78 is 5.57. The Morgan fingerprint density at radius 2 is 1.83 bits per heavy atom. The molecule has 0 aliphatic carbocycles. The largest absolute Gasteiger partial charge is 0.356 e. The average molecular weight is 387 g/mol. The number of nitrogens with zero attached hydrogens (tertiary/aromatic N) is 3. The SMILES string of the molecule is O=C(c1ccccc1[N+](=O)[O-])N1CCC[C@@H]1c1noc2cc3ccccc3cc12. The molecule has 7 heteroatoms. The smallest absolute Gasteiger partial charge is 0.282 e. The normalized spacial score (nSPS) is 16.6. The van der Waals surface area contributed by atoms with Gasteiger partial charge >= 0.3 is 0 Å². The number of nitro benzene ring substituents is 1. The Morgan fingerprint density at radius 1 is 1.10 bits per heavy atom. The first kappa shape index (κ1) is 17.4. The van der Waals surface area contributed by atoms with Crippen LogP contribution < -0.4 is 0 Å². The third-order valence-corrected chi connectivity index (χ3v) is 5.53. The number of benzene rings is 3. The molecule has 144 valence electrons. The number of hydrogen-bond donors (Lipinski definition) is 0. The molecule has 2 heterocycles. The van der Waals surface area contributed by atoms with Gasteiger partial charge in [-0.05, 0) is 41.8 Å². The fourth-order valence-electron chi connectivity index (χ4n) is 4.15. The topological polar surface area (TPSA) is 89.5 Å². The van der Waals surface area contributed by atoms with Crippen LogP contribution >= 0.6 is 0 Å². The van der Waals surface area contributed by atoms with Crippen molar-refractivity contribution in [3.05, 3.63) is 82.0 Å². The van der Waals surface area contributed by atoms with E-state index in [1.807, 2.05) is 36.4 Å². The van der Waals surface area contributed by atoms with Crippen molar-refractivity contribution in [3.63, 3.8) is 0 Å². The van der Waals surface area contributed by atoms with Crippen LogP contribution in [0.5, 0.6) is 0 Å². The summed E-state index contributed by atoms with van der Waals surface area (Å²) in [5.41, 5.74) is 1.29. The molecule has 7 nitrogen and oxygen atoms in total. The summed E-state index contributed by atoms with van der Waals surface area (Å²) in [6.45, 7) is 0.525. The van der Waals surface area contributed by atoms with E-state index < -0.39 is 4.92 Å². The third kappa shape index (κ3) is 2.82. The van der Waals surface area contributed by atoms with E-state index in [0.29, 0.717) is 17.8 Å². The van der Waals surface area contributed by atoms with Crippen molar-refractivity contribution in [3.8, 4) is 0 Å². The van der Waals surface area contributed by atoms with E-state index in [9.17, 15) is 14.9 Å². The molecule has 1 aromatic heterocycles. The summed E-state index contributed by atoms with van der Waals surface area (Å²) >= 11 is 0. The van der Waals surface area contributed by atoms with Crippen molar-refractivity contribution in [1.29, 1.82) is 0 Å². The van der Waals surface area contributed by atoms with E-state index in [2.05, 4.69) is 5.16 Å². The Kier molecular flexibility index (Phi) is 4.01. The summed E-state index contributed by atoms with van der Waals surface area (Å²) in [6, 6.07) is 17.7. The van der Waals surface area contributed by atoms with E-state index in [4.69, 9.17) is 4.52 Å². The second-order valence-electron chi connectivity index (χ2n) is 7.19. The van der Waals surface area contributed by atoms with Crippen LogP contribution in [-0.2, 0) is 0 Å². The number of nitro groups is 1. The molecular formula is C22H17N3O4. The van der Waals surface area contributed by atoms with Crippen LogP contribution in [0.4, 0.5) is 5.69 Å². The summed E-state index contributed by atoms with van der Waals surface area (Å²) in [5, 5.41) is 18.6. The van der Waals surface area contributed by atoms with Crippen molar-refractivity contribution in [2.45, 2.75) is 18.9 Å². The van der Waals surface area contributed by atoms with Gasteiger partial charge in [-0.1, -0.05) is 41.6 Å². The van der Waals surface area contributed by atoms with Gasteiger partial charge < -0.3 is 9.42 Å². The van der Waals surface area contributed by atoms with E-state index in [1.54, 1.807) is 17.0 Å². The third-order valence-electron chi connectivity index (χ3n) is 5.53. The minimum atomic E-state index is -0.518. The highest BCUT2D eigenvalue weighted by Crippen LogP contribution is 2.38. The number of hydrogen-bond acceptors (Lipinski definition) is 5. The number of aromatic nitrogens is 1. The molecule has 1 amide bonds. The van der Waals surface area contributed by atoms with Crippen LogP contribution in [0.1, 0.15) is 34.9 Å². The molecule has 0 bridgehead atoms. The van der Waals surface area contributed by atoms with Crippen molar-refractivity contribution in [1.82, 2.24) is 10.1 Å². The highest BCUT2D eigenvalue weighted by molar-refractivity contribution is 6.00. The standard InChI is InChI=1S/C22H17N3O4/c26-22(16-8-3-4-9-18(16)25(27)28)24-11-5-10-19(24)21-17-12-14-6-1-2-7-15(14)13-20(17)29-23-21/h1-4,6-9,12-13,19H,5,10-11H2/t19-/m1/s1. The first-order chi connectivity index (χ1) is 14.1. The van der Waals surface area contributed by atoms with Crippen LogP contribution in [0.3, 0.4) is 0 Å². The molecule has 0 saturated carbocycles. The second-order valence-corrected chi connectivity index (χ2v) is 7.19. The highest BCUT2D eigenvalue weighted by atomic mass is 16.6. The summed E-state index contributed by atoms with van der Waals surface area (Å²) in [7, 11) is 0. The molecule has 0 spiro atoms. The number of para-hydroxylation sites is 1. The zero-order valence-corrected chi connectivity index (χ0v) is 15.4. The van der Waals surface area contributed by atoms with Crippen LogP contribution in [0.25, 0.3) is 21.7 Å². The van der Waals surface area contributed by atoms with E-state index in [1.165, 1.54) is 12.1 Å². The van der Waals surface area contributed by atoms with Gasteiger partial charge in [-0.2, -0.15) is 0 Å². The van der Waals surface area contributed by atoms with E-state index in [-0.39, 0.29) is 23.2 Å². The fourth-order valence-corrected chi connectivity index (χ4v) is 4.15. The summed E-state index contributed by atoms with van der Waals surface area (Å²) in [4.78, 5) is 25.7. The molecule has 5 rings (SSSR count). The van der Waals surface area contributed by atoms with Crippen LogP contribution in [0.2, 0.25) is 0 Å². The zero-order valence-electron chi connectivity index (χ0n) is 15.4. The minimum Gasteiger partial charge on any atom is -0.356 e. The van der Waals surface area contributed by atoms with Gasteiger partial charge in [0, 0.05) is 18.0 Å². The highest BCUT2D eigenvalue weighted by Gasteiger charge is 2.36. The molecule has 1 fully saturated rings. The van der Waals surface area contributed by atoms with E-state index >= 15 is 0 Å². The molecule has 0 N–H and O–H groups in total. The maximum absolute atomic E-state index is 13.2. The quantitative estimate of drug-likeness (QED) is 0.370. The molecule has 0 radical (unpaired) electrons. The molecule has 4 aromatic rings. The van der Waals surface area contributed by atoms with Crippen LogP contribution in [0.15, 0.2) is 65.2 Å². The molecule has 0 unspecified atom stereocenters. The van der Waals surface area contributed by atoms with Crippen LogP contribution in [-0.4, -0.2) is 27.4 Å². The maximum Gasteiger partial charge on any atom is 0.282 e. The lowest BCUT2D eigenvalue weighted by Crippen LogP contribution is -2.31. The van der Waals surface area contributed by atoms with E-state index in [0.717, 1.165) is 29.0 Å². The number of rotatable bonds is 3. The van der Waals surface area contributed by atoms with Crippen molar-refractivity contribution < 1.29 is 14.2 Å². The lowest BCUT2D eigenvalue weighted by atomic mass is 10.0. The molecule has 1 atom stereocenters. The zero-order chi connectivity index (χ0) is 20.0. The Labute approximate surface area is 165 Å². The summed E-state index contributed by atoms with van der Waals surface area (Å²) in [5.74, 6) is -0.350. The van der Waals surface area contributed by atoms with Gasteiger partial charge in [0.1, 0.15) is 11.3 Å². The Hall–Kier alpha value is -3.74. The molecule has 3 aromatic carbocycles. The van der Waals surface area contributed by atoms with Crippen LogP contribution in [0, 0.1) is 10.1 Å². The Balaban J connectivity index is 1.57. The van der Waals surface area contributed by atoms with Gasteiger partial charge in [0.15, 0.2) is 5.58 Å². The van der Waals surface area contributed by atoms with Crippen molar-refractivity contribution >= 4 is 33.3 Å². The number of amides is 1. The predicted molar refractivity (Wildman–Crippen MR) is 108 cm³/mol. The Morgan fingerprint density at radius 3 is 2.62 bits per heavy atom. The molecule has 1 aliphatic heterocycles. The molecule has 29 heavy (non-hydrogen) atoms. The minimum absolute atomic E-state index is 0.0997. The first-order valence-corrected chi connectivity index (χ1v) is 9.46. The number of fused-ring (bicyclic) bond motifs is 2. The lowest BCUT2D eigenvalue weighted by molar-refractivity contribution is -0.385. The predicted octanol–water partition coefficient (Wildman–Crippen LogP) is 4.87. The van der Waals surface area contributed by atoms with Gasteiger partial charge in [-0.25, -0.2) is 0 Å². The molecular weight excluding hydrogens is 370 g/mol. The van der Waals surface area contributed by atoms with Gasteiger partial charge in [-0.3, -0.25) is 14.9 Å². The molecule has 1 aliphatic rings. The Bertz CT molecular complexity index is 1260. The first-order valence-electron chi connectivity index (χ1n) is 9.46. The fraction of sp³-hybridized carbons (Fsp3) is 0.182. The lowest BCUT2D eigenvalue weighted by Gasteiger charge is -2.23. The van der Waals surface area contributed by atoms with Gasteiger partial charge in [-0.15, -0.1) is 0 Å². The average Bonchev–Trinajstić information content (AvgIpc) is 3.38. The number of likely N-dealkylation sites (tertiary alicyclic amines) is 1. The second kappa shape index (κ2) is 6.70. The van der Waals surface area contributed by atoms with Gasteiger partial charge in [0.2, 0.25) is 0 Å². The molecule has 1 saturated heterocycles. The van der Waals surface area contributed by atoms with Gasteiger partial charge in [0.05, 0.1) is 11.0 Å². The number of carbonyl (C=O) groups excluding carboxylic acids is 1. The maximum atomic E-state index is 13.2.